The fourth-order valence-electron chi connectivity index (χ4n) is 2.74. The van der Waals surface area contributed by atoms with Gasteiger partial charge in [-0.2, -0.15) is 13.2 Å². The maximum absolute atomic E-state index is 12.6. The Bertz CT molecular complexity index is 866. The lowest BCUT2D eigenvalue weighted by Gasteiger charge is -2.16. The first-order valence-corrected chi connectivity index (χ1v) is 9.64. The predicted molar refractivity (Wildman–Crippen MR) is 107 cm³/mol. The van der Waals surface area contributed by atoms with E-state index in [1.54, 1.807) is 38.1 Å². The van der Waals surface area contributed by atoms with Gasteiger partial charge in [0, 0.05) is 19.6 Å². The number of carboxylic acid groups (broad SMARTS) is 1. The van der Waals surface area contributed by atoms with Gasteiger partial charge in [-0.15, -0.1) is 0 Å². The molecule has 0 aromatic heterocycles. The quantitative estimate of drug-likeness (QED) is 0.588. The van der Waals surface area contributed by atoms with Crippen molar-refractivity contribution >= 4 is 11.9 Å². The van der Waals surface area contributed by atoms with Crippen LogP contribution < -0.4 is 10.1 Å². The van der Waals surface area contributed by atoms with E-state index in [4.69, 9.17) is 14.6 Å². The van der Waals surface area contributed by atoms with Crippen molar-refractivity contribution in [2.75, 3.05) is 6.61 Å². The topological polar surface area (TPSA) is 84.9 Å². The number of nitrogens with one attached hydrogen (secondary N) is 1. The standard InChI is InChI=1S/C22H24F3NO5/c1-3-30-19(21(28)29)12-15-6-10-18(11-7-15)31-14(2)20(27)26-13-16-4-8-17(9-5-16)22(23,24)25/h4-11,14,19H,3,12-13H2,1-2H3,(H,26,27)(H,28,29). The second kappa shape index (κ2) is 10.8. The molecule has 2 aromatic carbocycles. The highest BCUT2D eigenvalue weighted by atomic mass is 19.4. The summed E-state index contributed by atoms with van der Waals surface area (Å²) in [7, 11) is 0. The van der Waals surface area contributed by atoms with Crippen LogP contribution in [-0.2, 0) is 33.5 Å². The molecule has 0 radical (unpaired) electrons. The highest BCUT2D eigenvalue weighted by Gasteiger charge is 2.30. The zero-order chi connectivity index (χ0) is 23.0. The summed E-state index contributed by atoms with van der Waals surface area (Å²) in [6.45, 7) is 3.62. The number of carboxylic acids is 1. The molecular weight excluding hydrogens is 415 g/mol. The van der Waals surface area contributed by atoms with Gasteiger partial charge in [-0.1, -0.05) is 24.3 Å². The maximum atomic E-state index is 12.6. The van der Waals surface area contributed by atoms with Crippen molar-refractivity contribution in [2.24, 2.45) is 0 Å². The summed E-state index contributed by atoms with van der Waals surface area (Å²) >= 11 is 0. The van der Waals surface area contributed by atoms with Gasteiger partial charge in [0.05, 0.1) is 5.56 Å². The Morgan fingerprint density at radius 2 is 1.61 bits per heavy atom. The highest BCUT2D eigenvalue weighted by molar-refractivity contribution is 5.80. The van der Waals surface area contributed by atoms with Gasteiger partial charge < -0.3 is 19.9 Å². The van der Waals surface area contributed by atoms with E-state index >= 15 is 0 Å². The third kappa shape index (κ3) is 7.60. The largest absolute Gasteiger partial charge is 0.481 e. The molecule has 168 valence electrons. The van der Waals surface area contributed by atoms with Crippen LogP contribution in [0.1, 0.15) is 30.5 Å². The summed E-state index contributed by atoms with van der Waals surface area (Å²) < 4.78 is 48.5. The molecule has 2 N–H and O–H groups in total. The van der Waals surface area contributed by atoms with E-state index in [0.717, 1.165) is 17.7 Å². The van der Waals surface area contributed by atoms with Crippen LogP contribution in [0.4, 0.5) is 13.2 Å². The van der Waals surface area contributed by atoms with E-state index in [2.05, 4.69) is 5.32 Å². The zero-order valence-corrected chi connectivity index (χ0v) is 17.1. The van der Waals surface area contributed by atoms with E-state index in [-0.39, 0.29) is 19.6 Å². The molecule has 0 aliphatic rings. The van der Waals surface area contributed by atoms with Gasteiger partial charge in [-0.25, -0.2) is 4.79 Å². The SMILES string of the molecule is CCOC(Cc1ccc(OC(C)C(=O)NCc2ccc(C(F)(F)F)cc2)cc1)C(=O)O. The smallest absolute Gasteiger partial charge is 0.416 e. The fourth-order valence-corrected chi connectivity index (χ4v) is 2.74. The number of halogens is 3. The number of hydrogen-bond donors (Lipinski definition) is 2. The van der Waals surface area contributed by atoms with Crippen LogP contribution in [0.15, 0.2) is 48.5 Å². The van der Waals surface area contributed by atoms with Gasteiger partial charge in [0.25, 0.3) is 5.91 Å². The summed E-state index contributed by atoms with van der Waals surface area (Å²) in [4.78, 5) is 23.4. The predicted octanol–water partition coefficient (Wildman–Crippen LogP) is 3.82. The molecule has 0 heterocycles. The number of amides is 1. The molecule has 1 amide bonds. The second-order valence-electron chi connectivity index (χ2n) is 6.80. The number of ether oxygens (including phenoxy) is 2. The van der Waals surface area contributed by atoms with E-state index < -0.39 is 35.8 Å². The number of hydrogen-bond acceptors (Lipinski definition) is 4. The lowest BCUT2D eigenvalue weighted by Crippen LogP contribution is -2.35. The average molecular weight is 439 g/mol. The average Bonchev–Trinajstić information content (AvgIpc) is 2.72. The van der Waals surface area contributed by atoms with Crippen molar-refractivity contribution in [3.05, 3.63) is 65.2 Å². The molecule has 0 bridgehead atoms. The van der Waals surface area contributed by atoms with Crippen molar-refractivity contribution in [3.63, 3.8) is 0 Å². The van der Waals surface area contributed by atoms with Crippen LogP contribution in [-0.4, -0.2) is 35.8 Å². The molecule has 0 fully saturated rings. The molecular formula is C22H24F3NO5. The Balaban J connectivity index is 1.86. The van der Waals surface area contributed by atoms with Gasteiger partial charge in [0.2, 0.25) is 0 Å². The van der Waals surface area contributed by atoms with Gasteiger partial charge in [0.15, 0.2) is 12.2 Å². The van der Waals surface area contributed by atoms with Gasteiger partial charge in [0.1, 0.15) is 5.75 Å². The Labute approximate surface area is 178 Å². The van der Waals surface area contributed by atoms with Crippen molar-refractivity contribution in [2.45, 2.75) is 45.2 Å². The molecule has 0 saturated carbocycles. The molecule has 0 aliphatic heterocycles. The number of benzene rings is 2. The molecule has 2 rings (SSSR count). The Morgan fingerprint density at radius 3 is 2.13 bits per heavy atom. The molecule has 31 heavy (non-hydrogen) atoms. The van der Waals surface area contributed by atoms with Crippen molar-refractivity contribution < 1.29 is 37.3 Å². The first kappa shape index (κ1) is 24.2. The summed E-state index contributed by atoms with van der Waals surface area (Å²) in [6, 6.07) is 11.2. The molecule has 6 nitrogen and oxygen atoms in total. The van der Waals surface area contributed by atoms with Crippen LogP contribution in [0, 0.1) is 0 Å². The fraction of sp³-hybridized carbons (Fsp3) is 0.364. The minimum absolute atomic E-state index is 0.0671. The van der Waals surface area contributed by atoms with Crippen LogP contribution in [0.25, 0.3) is 0 Å². The monoisotopic (exact) mass is 439 g/mol. The first-order valence-electron chi connectivity index (χ1n) is 9.64. The van der Waals surface area contributed by atoms with Crippen LogP contribution in [0.3, 0.4) is 0 Å². The number of aliphatic carboxylic acids is 1. The third-order valence-electron chi connectivity index (χ3n) is 4.42. The summed E-state index contributed by atoms with van der Waals surface area (Å²) in [6.07, 6.45) is -5.98. The normalized spacial score (nSPS) is 13.3. The lowest BCUT2D eigenvalue weighted by atomic mass is 10.1. The van der Waals surface area contributed by atoms with Crippen molar-refractivity contribution in [3.8, 4) is 5.75 Å². The highest BCUT2D eigenvalue weighted by Crippen LogP contribution is 2.29. The Morgan fingerprint density at radius 1 is 1.03 bits per heavy atom. The molecule has 2 unspecified atom stereocenters. The van der Waals surface area contributed by atoms with E-state index in [0.29, 0.717) is 11.3 Å². The molecule has 2 aromatic rings. The first-order chi connectivity index (χ1) is 14.6. The van der Waals surface area contributed by atoms with Crippen molar-refractivity contribution in [1.29, 1.82) is 0 Å². The second-order valence-corrected chi connectivity index (χ2v) is 6.80. The van der Waals surface area contributed by atoms with E-state index in [9.17, 15) is 22.8 Å². The van der Waals surface area contributed by atoms with Crippen LogP contribution >= 0.6 is 0 Å². The molecule has 0 aliphatic carbocycles. The number of carbonyl (C=O) groups excluding carboxylic acids is 1. The van der Waals surface area contributed by atoms with E-state index in [1.807, 2.05) is 0 Å². The molecule has 0 saturated heterocycles. The summed E-state index contributed by atoms with van der Waals surface area (Å²) in [5, 5.41) is 11.8. The summed E-state index contributed by atoms with van der Waals surface area (Å²) in [5.41, 5.74) is 0.520. The number of alkyl halides is 3. The van der Waals surface area contributed by atoms with E-state index in [1.165, 1.54) is 12.1 Å². The molecule has 9 heteroatoms. The lowest BCUT2D eigenvalue weighted by molar-refractivity contribution is -0.150. The Kier molecular flexibility index (Phi) is 8.44. The maximum Gasteiger partial charge on any atom is 0.416 e. The van der Waals surface area contributed by atoms with Crippen LogP contribution in [0.5, 0.6) is 5.75 Å². The van der Waals surface area contributed by atoms with Gasteiger partial charge >= 0.3 is 12.1 Å². The van der Waals surface area contributed by atoms with Gasteiger partial charge in [-0.05, 0) is 49.2 Å². The third-order valence-corrected chi connectivity index (χ3v) is 4.42. The number of carbonyl (C=O) groups is 2. The van der Waals surface area contributed by atoms with Crippen LogP contribution in [0.2, 0.25) is 0 Å². The zero-order valence-electron chi connectivity index (χ0n) is 17.1. The summed E-state index contributed by atoms with van der Waals surface area (Å²) in [5.74, 6) is -1.05. The van der Waals surface area contributed by atoms with Gasteiger partial charge in [-0.3, -0.25) is 4.79 Å². The molecule has 2 atom stereocenters. The molecule has 0 spiro atoms. The Hall–Kier alpha value is -3.07. The van der Waals surface area contributed by atoms with Crippen molar-refractivity contribution in [1.82, 2.24) is 5.32 Å². The number of rotatable bonds is 10. The minimum Gasteiger partial charge on any atom is -0.481 e. The minimum atomic E-state index is -4.41.